The van der Waals surface area contributed by atoms with Gasteiger partial charge in [-0.1, -0.05) is 22.9 Å². The van der Waals surface area contributed by atoms with E-state index >= 15 is 0 Å². The summed E-state index contributed by atoms with van der Waals surface area (Å²) in [6.07, 6.45) is 1.69. The SMILES string of the molecule is CCc1nc2ccc(Br)cc2c(=O)n1N=Cc1cc(OC)c(OC)cc1[N+](=O)[O-]. The molecule has 0 saturated heterocycles. The molecule has 0 aliphatic rings. The van der Waals surface area contributed by atoms with Gasteiger partial charge in [0.2, 0.25) is 0 Å². The first-order chi connectivity index (χ1) is 13.9. The van der Waals surface area contributed by atoms with E-state index < -0.39 is 4.92 Å². The molecule has 0 bridgehead atoms. The second-order valence-corrected chi connectivity index (χ2v) is 6.84. The number of fused-ring (bicyclic) bond motifs is 1. The summed E-state index contributed by atoms with van der Waals surface area (Å²) in [4.78, 5) is 28.3. The fraction of sp³-hybridized carbons (Fsp3) is 0.211. The number of methoxy groups -OCH3 is 2. The summed E-state index contributed by atoms with van der Waals surface area (Å²) in [5.41, 5.74) is 0.121. The molecule has 0 atom stereocenters. The predicted molar refractivity (Wildman–Crippen MR) is 112 cm³/mol. The number of aryl methyl sites for hydroxylation is 1. The summed E-state index contributed by atoms with van der Waals surface area (Å²) in [5, 5.41) is 16.1. The molecule has 1 heterocycles. The molecule has 1 aromatic heterocycles. The highest BCUT2D eigenvalue weighted by Gasteiger charge is 2.19. The summed E-state index contributed by atoms with van der Waals surface area (Å²) in [6.45, 7) is 1.84. The predicted octanol–water partition coefficient (Wildman–Crippen LogP) is 3.53. The van der Waals surface area contributed by atoms with Crippen LogP contribution in [0.15, 0.2) is 44.7 Å². The number of hydrogen-bond acceptors (Lipinski definition) is 7. The first kappa shape index (κ1) is 20.5. The van der Waals surface area contributed by atoms with E-state index in [0.29, 0.717) is 28.9 Å². The second kappa shape index (κ2) is 8.39. The molecule has 9 nitrogen and oxygen atoms in total. The largest absolute Gasteiger partial charge is 0.493 e. The fourth-order valence-electron chi connectivity index (χ4n) is 2.81. The number of hydrogen-bond donors (Lipinski definition) is 0. The van der Waals surface area contributed by atoms with Gasteiger partial charge in [0.25, 0.3) is 11.2 Å². The highest BCUT2D eigenvalue weighted by molar-refractivity contribution is 9.10. The van der Waals surface area contributed by atoms with Crippen LogP contribution in [-0.2, 0) is 6.42 Å². The summed E-state index contributed by atoms with van der Waals surface area (Å²) in [5.74, 6) is 0.965. The summed E-state index contributed by atoms with van der Waals surface area (Å²) in [7, 11) is 2.82. The van der Waals surface area contributed by atoms with E-state index in [1.54, 1.807) is 18.2 Å². The number of nitro groups is 1. The van der Waals surface area contributed by atoms with Gasteiger partial charge in [0.1, 0.15) is 5.82 Å². The zero-order valence-electron chi connectivity index (χ0n) is 15.9. The van der Waals surface area contributed by atoms with Gasteiger partial charge >= 0.3 is 0 Å². The van der Waals surface area contributed by atoms with Crippen LogP contribution in [0.2, 0.25) is 0 Å². The lowest BCUT2D eigenvalue weighted by atomic mass is 10.1. The van der Waals surface area contributed by atoms with Crippen molar-refractivity contribution in [3.05, 3.63) is 66.7 Å². The zero-order chi connectivity index (χ0) is 21.1. The Morgan fingerprint density at radius 3 is 2.55 bits per heavy atom. The van der Waals surface area contributed by atoms with E-state index in [2.05, 4.69) is 26.0 Å². The van der Waals surface area contributed by atoms with Crippen molar-refractivity contribution in [3.8, 4) is 11.5 Å². The minimum atomic E-state index is -0.553. The molecule has 10 heteroatoms. The molecule has 2 aromatic carbocycles. The maximum absolute atomic E-state index is 12.9. The van der Waals surface area contributed by atoms with Crippen molar-refractivity contribution in [2.24, 2.45) is 5.10 Å². The van der Waals surface area contributed by atoms with Crippen molar-refractivity contribution in [2.75, 3.05) is 14.2 Å². The Bertz CT molecular complexity index is 1190. The molecule has 0 N–H and O–H groups in total. The lowest BCUT2D eigenvalue weighted by Crippen LogP contribution is -2.22. The number of aromatic nitrogens is 2. The maximum atomic E-state index is 12.9. The lowest BCUT2D eigenvalue weighted by Gasteiger charge is -2.09. The van der Waals surface area contributed by atoms with Crippen molar-refractivity contribution in [1.82, 2.24) is 9.66 Å². The molecule has 0 aliphatic carbocycles. The fourth-order valence-corrected chi connectivity index (χ4v) is 3.17. The quantitative estimate of drug-likeness (QED) is 0.316. The number of ether oxygens (including phenoxy) is 2. The van der Waals surface area contributed by atoms with E-state index in [4.69, 9.17) is 9.47 Å². The van der Waals surface area contributed by atoms with E-state index in [1.165, 1.54) is 32.6 Å². The third kappa shape index (κ3) is 3.97. The molecule has 0 saturated carbocycles. The zero-order valence-corrected chi connectivity index (χ0v) is 17.5. The molecule has 0 fully saturated rings. The van der Waals surface area contributed by atoms with Gasteiger partial charge in [-0.2, -0.15) is 9.78 Å². The average Bonchev–Trinajstić information content (AvgIpc) is 2.72. The minimum absolute atomic E-state index is 0.163. The van der Waals surface area contributed by atoms with Gasteiger partial charge in [-0.3, -0.25) is 14.9 Å². The van der Waals surface area contributed by atoms with Crippen molar-refractivity contribution >= 4 is 38.7 Å². The average molecular weight is 461 g/mol. The highest BCUT2D eigenvalue weighted by atomic mass is 79.9. The molecular formula is C19H17BrN4O5. The maximum Gasteiger partial charge on any atom is 0.282 e. The highest BCUT2D eigenvalue weighted by Crippen LogP contribution is 2.33. The van der Waals surface area contributed by atoms with Crippen molar-refractivity contribution in [2.45, 2.75) is 13.3 Å². The van der Waals surface area contributed by atoms with Crippen molar-refractivity contribution in [3.63, 3.8) is 0 Å². The van der Waals surface area contributed by atoms with E-state index in [-0.39, 0.29) is 22.6 Å². The summed E-state index contributed by atoms with van der Waals surface area (Å²) >= 11 is 3.34. The van der Waals surface area contributed by atoms with Crippen LogP contribution in [0, 0.1) is 10.1 Å². The Balaban J connectivity index is 2.19. The molecule has 3 aromatic rings. The van der Waals surface area contributed by atoms with Crippen LogP contribution >= 0.6 is 15.9 Å². The summed E-state index contributed by atoms with van der Waals surface area (Å²) in [6, 6.07) is 7.89. The van der Waals surface area contributed by atoms with Crippen LogP contribution in [0.25, 0.3) is 10.9 Å². The Morgan fingerprint density at radius 1 is 1.24 bits per heavy atom. The lowest BCUT2D eigenvalue weighted by molar-refractivity contribution is -0.385. The van der Waals surface area contributed by atoms with Gasteiger partial charge in [-0.15, -0.1) is 0 Å². The van der Waals surface area contributed by atoms with Gasteiger partial charge in [-0.05, 0) is 24.3 Å². The Labute approximate surface area is 173 Å². The third-order valence-electron chi connectivity index (χ3n) is 4.23. The van der Waals surface area contributed by atoms with Crippen LogP contribution in [0.4, 0.5) is 5.69 Å². The monoisotopic (exact) mass is 460 g/mol. The van der Waals surface area contributed by atoms with Gasteiger partial charge in [0.05, 0.1) is 47.9 Å². The number of halogens is 1. The van der Waals surface area contributed by atoms with Crippen molar-refractivity contribution in [1.29, 1.82) is 0 Å². The smallest absolute Gasteiger partial charge is 0.282 e. The number of benzene rings is 2. The topological polar surface area (TPSA) is 109 Å². The van der Waals surface area contributed by atoms with Gasteiger partial charge < -0.3 is 9.47 Å². The standard InChI is InChI=1S/C19H17BrN4O5/c1-4-18-22-14-6-5-12(20)8-13(14)19(25)23(18)21-10-11-7-16(28-2)17(29-3)9-15(11)24(26)27/h5-10H,4H2,1-3H3. The number of nitro benzene ring substituents is 1. The molecule has 0 spiro atoms. The molecule has 150 valence electrons. The molecule has 3 rings (SSSR count). The van der Waals surface area contributed by atoms with E-state index in [1.807, 2.05) is 6.92 Å². The van der Waals surface area contributed by atoms with Crippen LogP contribution in [-0.4, -0.2) is 35.0 Å². The Hall–Kier alpha value is -3.27. The molecule has 0 radical (unpaired) electrons. The summed E-state index contributed by atoms with van der Waals surface area (Å²) < 4.78 is 12.2. The molecule has 29 heavy (non-hydrogen) atoms. The normalized spacial score (nSPS) is 11.2. The van der Waals surface area contributed by atoms with Crippen LogP contribution < -0.4 is 15.0 Å². The number of rotatable bonds is 6. The van der Waals surface area contributed by atoms with Crippen molar-refractivity contribution < 1.29 is 14.4 Å². The van der Waals surface area contributed by atoms with E-state index in [9.17, 15) is 14.9 Å². The molecular weight excluding hydrogens is 444 g/mol. The Kier molecular flexibility index (Phi) is 5.92. The first-order valence-electron chi connectivity index (χ1n) is 8.55. The van der Waals surface area contributed by atoms with Crippen LogP contribution in [0.5, 0.6) is 11.5 Å². The minimum Gasteiger partial charge on any atom is -0.493 e. The first-order valence-corrected chi connectivity index (χ1v) is 9.34. The third-order valence-corrected chi connectivity index (χ3v) is 4.73. The molecule has 0 unspecified atom stereocenters. The van der Waals surface area contributed by atoms with Gasteiger partial charge in [0, 0.05) is 10.9 Å². The van der Waals surface area contributed by atoms with Crippen LogP contribution in [0.3, 0.4) is 0 Å². The van der Waals surface area contributed by atoms with Gasteiger partial charge in [0.15, 0.2) is 11.5 Å². The van der Waals surface area contributed by atoms with E-state index in [0.717, 1.165) is 9.15 Å². The number of nitrogens with zero attached hydrogens (tertiary/aromatic N) is 4. The van der Waals surface area contributed by atoms with Crippen LogP contribution in [0.1, 0.15) is 18.3 Å². The second-order valence-electron chi connectivity index (χ2n) is 5.93. The Morgan fingerprint density at radius 2 is 1.93 bits per heavy atom. The molecule has 0 amide bonds. The molecule has 0 aliphatic heterocycles. The van der Waals surface area contributed by atoms with Gasteiger partial charge in [-0.25, -0.2) is 4.98 Å².